The summed E-state index contributed by atoms with van der Waals surface area (Å²) in [6.45, 7) is 0.355. The molecule has 0 aliphatic carbocycles. The first kappa shape index (κ1) is 17.8. The zero-order chi connectivity index (χ0) is 18.6. The molecule has 134 valence electrons. The second kappa shape index (κ2) is 7.45. The number of benzene rings is 2. The molecule has 0 saturated carbocycles. The first-order valence-electron chi connectivity index (χ1n) is 7.91. The minimum atomic E-state index is -3.65. The third kappa shape index (κ3) is 4.12. The third-order valence-corrected chi connectivity index (χ3v) is 5.15. The zero-order valence-electron chi connectivity index (χ0n) is 14.1. The maximum atomic E-state index is 12.4. The van der Waals surface area contributed by atoms with Gasteiger partial charge in [-0.1, -0.05) is 18.2 Å². The number of anilines is 1. The number of sulfonamides is 1. The Balaban J connectivity index is 1.69. The predicted molar refractivity (Wildman–Crippen MR) is 98.2 cm³/mol. The Bertz CT molecular complexity index is 966. The SMILES string of the molecule is CN(Cc1ccco1)C(=O)c1ccc(NS(=O)(=O)c2ccccc2)cc1. The molecule has 3 rings (SSSR count). The Morgan fingerprint density at radius 2 is 1.69 bits per heavy atom. The summed E-state index contributed by atoms with van der Waals surface area (Å²) < 4.78 is 32.4. The van der Waals surface area contributed by atoms with E-state index in [1.54, 1.807) is 67.9 Å². The molecule has 0 saturated heterocycles. The summed E-state index contributed by atoms with van der Waals surface area (Å²) in [6.07, 6.45) is 1.56. The topological polar surface area (TPSA) is 79.6 Å². The number of amides is 1. The molecule has 0 bridgehead atoms. The van der Waals surface area contributed by atoms with Crippen molar-refractivity contribution in [3.8, 4) is 0 Å². The van der Waals surface area contributed by atoms with Crippen molar-refractivity contribution in [3.05, 3.63) is 84.3 Å². The van der Waals surface area contributed by atoms with E-state index in [1.807, 2.05) is 0 Å². The molecule has 0 aliphatic heterocycles. The molecule has 0 atom stereocenters. The van der Waals surface area contributed by atoms with Crippen LogP contribution in [0.25, 0.3) is 0 Å². The van der Waals surface area contributed by atoms with E-state index >= 15 is 0 Å². The van der Waals surface area contributed by atoms with Crippen molar-refractivity contribution < 1.29 is 17.6 Å². The number of carbonyl (C=O) groups is 1. The van der Waals surface area contributed by atoms with Crippen molar-refractivity contribution in [2.75, 3.05) is 11.8 Å². The first-order chi connectivity index (χ1) is 12.5. The highest BCUT2D eigenvalue weighted by atomic mass is 32.2. The van der Waals surface area contributed by atoms with Gasteiger partial charge in [0.2, 0.25) is 0 Å². The number of rotatable bonds is 6. The standard InChI is InChI=1S/C19H18N2O4S/c1-21(14-17-6-5-13-25-17)19(22)15-9-11-16(12-10-15)20-26(23,24)18-7-3-2-4-8-18/h2-13,20H,14H2,1H3. The van der Waals surface area contributed by atoms with E-state index in [0.717, 1.165) is 0 Å². The van der Waals surface area contributed by atoms with Crippen LogP contribution in [0.5, 0.6) is 0 Å². The van der Waals surface area contributed by atoms with Crippen LogP contribution in [0.1, 0.15) is 16.1 Å². The Morgan fingerprint density at radius 1 is 1.00 bits per heavy atom. The van der Waals surface area contributed by atoms with E-state index < -0.39 is 10.0 Å². The third-order valence-electron chi connectivity index (χ3n) is 3.76. The van der Waals surface area contributed by atoms with E-state index in [-0.39, 0.29) is 10.8 Å². The summed E-state index contributed by atoms with van der Waals surface area (Å²) in [5, 5.41) is 0. The highest BCUT2D eigenvalue weighted by Gasteiger charge is 2.15. The van der Waals surface area contributed by atoms with E-state index in [2.05, 4.69) is 4.72 Å². The zero-order valence-corrected chi connectivity index (χ0v) is 14.9. The van der Waals surface area contributed by atoms with Gasteiger partial charge in [-0.25, -0.2) is 8.42 Å². The molecule has 3 aromatic rings. The van der Waals surface area contributed by atoms with Crippen LogP contribution in [-0.2, 0) is 16.6 Å². The number of furan rings is 1. The van der Waals surface area contributed by atoms with Gasteiger partial charge in [-0.05, 0) is 48.5 Å². The lowest BCUT2D eigenvalue weighted by Gasteiger charge is -2.16. The molecule has 7 heteroatoms. The highest BCUT2D eigenvalue weighted by molar-refractivity contribution is 7.92. The molecule has 0 spiro atoms. The van der Waals surface area contributed by atoms with E-state index in [1.165, 1.54) is 17.0 Å². The summed E-state index contributed by atoms with van der Waals surface area (Å²) in [4.78, 5) is 14.1. The number of nitrogens with zero attached hydrogens (tertiary/aromatic N) is 1. The van der Waals surface area contributed by atoms with Crippen LogP contribution in [0.4, 0.5) is 5.69 Å². The first-order valence-corrected chi connectivity index (χ1v) is 9.40. The summed E-state index contributed by atoms with van der Waals surface area (Å²) in [7, 11) is -1.98. The molecule has 6 nitrogen and oxygen atoms in total. The smallest absolute Gasteiger partial charge is 0.261 e. The average Bonchev–Trinajstić information content (AvgIpc) is 3.15. The van der Waals surface area contributed by atoms with Gasteiger partial charge in [0.05, 0.1) is 17.7 Å². The Morgan fingerprint density at radius 3 is 2.31 bits per heavy atom. The van der Waals surface area contributed by atoms with E-state index in [9.17, 15) is 13.2 Å². The Kier molecular flexibility index (Phi) is 5.09. The van der Waals surface area contributed by atoms with Crippen LogP contribution < -0.4 is 4.72 Å². The highest BCUT2D eigenvalue weighted by Crippen LogP contribution is 2.17. The van der Waals surface area contributed by atoms with Crippen LogP contribution >= 0.6 is 0 Å². The second-order valence-electron chi connectivity index (χ2n) is 5.74. The molecule has 0 radical (unpaired) electrons. The van der Waals surface area contributed by atoms with Gasteiger partial charge in [-0.3, -0.25) is 9.52 Å². The number of hydrogen-bond acceptors (Lipinski definition) is 4. The average molecular weight is 370 g/mol. The van der Waals surface area contributed by atoms with E-state index in [4.69, 9.17) is 4.42 Å². The van der Waals surface area contributed by atoms with Gasteiger partial charge in [0.25, 0.3) is 15.9 Å². The van der Waals surface area contributed by atoms with Crippen LogP contribution in [-0.4, -0.2) is 26.3 Å². The fourth-order valence-corrected chi connectivity index (χ4v) is 3.50. The molecule has 2 aromatic carbocycles. The molecule has 1 N–H and O–H groups in total. The molecule has 26 heavy (non-hydrogen) atoms. The summed E-state index contributed by atoms with van der Waals surface area (Å²) in [5.74, 6) is 0.506. The van der Waals surface area contributed by atoms with Gasteiger partial charge < -0.3 is 9.32 Å². The van der Waals surface area contributed by atoms with Crippen LogP contribution in [0.3, 0.4) is 0 Å². The van der Waals surface area contributed by atoms with Crippen molar-refractivity contribution in [3.63, 3.8) is 0 Å². The summed E-state index contributed by atoms with van der Waals surface area (Å²) >= 11 is 0. The maximum Gasteiger partial charge on any atom is 0.261 e. The minimum Gasteiger partial charge on any atom is -0.467 e. The van der Waals surface area contributed by atoms with Crippen molar-refractivity contribution in [2.24, 2.45) is 0 Å². The lowest BCUT2D eigenvalue weighted by atomic mass is 10.2. The predicted octanol–water partition coefficient (Wildman–Crippen LogP) is 3.35. The fraction of sp³-hybridized carbons (Fsp3) is 0.105. The lowest BCUT2D eigenvalue weighted by molar-refractivity contribution is 0.0775. The molecule has 1 aromatic heterocycles. The van der Waals surface area contributed by atoms with Gasteiger partial charge in [0, 0.05) is 18.3 Å². The maximum absolute atomic E-state index is 12.4. The molecule has 0 aliphatic rings. The Labute approximate surface area is 152 Å². The summed E-state index contributed by atoms with van der Waals surface area (Å²) in [6, 6.07) is 18.0. The van der Waals surface area contributed by atoms with Gasteiger partial charge in [-0.15, -0.1) is 0 Å². The van der Waals surface area contributed by atoms with Crippen molar-refractivity contribution in [1.82, 2.24) is 4.90 Å². The molecular weight excluding hydrogens is 352 g/mol. The number of hydrogen-bond donors (Lipinski definition) is 1. The molecule has 0 fully saturated rings. The van der Waals surface area contributed by atoms with Gasteiger partial charge in [0.1, 0.15) is 5.76 Å². The van der Waals surface area contributed by atoms with Crippen molar-refractivity contribution in [2.45, 2.75) is 11.4 Å². The van der Waals surface area contributed by atoms with Gasteiger partial charge >= 0.3 is 0 Å². The van der Waals surface area contributed by atoms with Crippen molar-refractivity contribution in [1.29, 1.82) is 0 Å². The lowest BCUT2D eigenvalue weighted by Crippen LogP contribution is -2.26. The quantitative estimate of drug-likeness (QED) is 0.722. The number of nitrogens with one attached hydrogen (secondary N) is 1. The van der Waals surface area contributed by atoms with Crippen molar-refractivity contribution >= 4 is 21.6 Å². The molecule has 1 amide bonds. The van der Waals surface area contributed by atoms with Gasteiger partial charge in [-0.2, -0.15) is 0 Å². The van der Waals surface area contributed by atoms with Gasteiger partial charge in [0.15, 0.2) is 0 Å². The number of carbonyl (C=O) groups excluding carboxylic acids is 1. The molecule has 1 heterocycles. The van der Waals surface area contributed by atoms with Crippen LogP contribution in [0.2, 0.25) is 0 Å². The van der Waals surface area contributed by atoms with E-state index in [0.29, 0.717) is 23.6 Å². The second-order valence-corrected chi connectivity index (χ2v) is 7.42. The normalized spacial score (nSPS) is 11.1. The Hall–Kier alpha value is -3.06. The minimum absolute atomic E-state index is 0.179. The molecule has 0 unspecified atom stereocenters. The largest absolute Gasteiger partial charge is 0.467 e. The monoisotopic (exact) mass is 370 g/mol. The fourth-order valence-electron chi connectivity index (χ4n) is 2.42. The molecular formula is C19H18N2O4S. The van der Waals surface area contributed by atoms with Crippen LogP contribution in [0, 0.1) is 0 Å². The van der Waals surface area contributed by atoms with Crippen LogP contribution in [0.15, 0.2) is 82.3 Å². The summed E-state index contributed by atoms with van der Waals surface area (Å²) in [5.41, 5.74) is 0.848.